The summed E-state index contributed by atoms with van der Waals surface area (Å²) in [6.07, 6.45) is 10.6. The standard InChI is InChI=1S/C16H31NO3/c1-3-17-16(2,15(18)19)12-8-9-13-20-14-10-6-4-5-7-11-14/h14,17H,3-13H2,1-2H3,(H,18,19). The highest BCUT2D eigenvalue weighted by Gasteiger charge is 2.31. The SMILES string of the molecule is CCNC(C)(CCCCOC1CCCCCC1)C(=O)O. The van der Waals surface area contributed by atoms with Crippen molar-refractivity contribution < 1.29 is 14.6 Å². The first kappa shape index (κ1) is 17.4. The molecule has 1 fully saturated rings. The molecule has 20 heavy (non-hydrogen) atoms. The molecular weight excluding hydrogens is 254 g/mol. The van der Waals surface area contributed by atoms with Crippen molar-refractivity contribution in [1.29, 1.82) is 0 Å². The highest BCUT2D eigenvalue weighted by atomic mass is 16.5. The van der Waals surface area contributed by atoms with Gasteiger partial charge < -0.3 is 15.2 Å². The second-order valence-electron chi connectivity index (χ2n) is 6.11. The van der Waals surface area contributed by atoms with Gasteiger partial charge in [-0.1, -0.05) is 32.6 Å². The van der Waals surface area contributed by atoms with Crippen LogP contribution in [0.4, 0.5) is 0 Å². The summed E-state index contributed by atoms with van der Waals surface area (Å²) in [7, 11) is 0. The molecule has 0 spiro atoms. The van der Waals surface area contributed by atoms with Crippen LogP contribution in [-0.2, 0) is 9.53 Å². The van der Waals surface area contributed by atoms with Crippen molar-refractivity contribution >= 4 is 5.97 Å². The Labute approximate surface area is 123 Å². The van der Waals surface area contributed by atoms with Gasteiger partial charge in [-0.2, -0.15) is 0 Å². The van der Waals surface area contributed by atoms with Crippen molar-refractivity contribution in [3.8, 4) is 0 Å². The van der Waals surface area contributed by atoms with Gasteiger partial charge in [0.25, 0.3) is 0 Å². The molecule has 0 radical (unpaired) electrons. The van der Waals surface area contributed by atoms with Gasteiger partial charge in [0.1, 0.15) is 5.54 Å². The fraction of sp³-hybridized carbons (Fsp3) is 0.938. The Morgan fingerprint density at radius 1 is 1.25 bits per heavy atom. The predicted molar refractivity (Wildman–Crippen MR) is 81.0 cm³/mol. The van der Waals surface area contributed by atoms with E-state index < -0.39 is 11.5 Å². The van der Waals surface area contributed by atoms with Crippen LogP contribution in [0.5, 0.6) is 0 Å². The highest BCUT2D eigenvalue weighted by Crippen LogP contribution is 2.20. The third-order valence-electron chi connectivity index (χ3n) is 4.27. The number of rotatable bonds is 9. The van der Waals surface area contributed by atoms with Crippen molar-refractivity contribution in [3.05, 3.63) is 0 Å². The van der Waals surface area contributed by atoms with Gasteiger partial charge in [0.05, 0.1) is 6.10 Å². The maximum Gasteiger partial charge on any atom is 0.323 e. The first-order valence-corrected chi connectivity index (χ1v) is 8.18. The summed E-state index contributed by atoms with van der Waals surface area (Å²) < 4.78 is 5.93. The zero-order chi connectivity index (χ0) is 14.8. The van der Waals surface area contributed by atoms with E-state index in [1.54, 1.807) is 6.92 Å². The number of carboxylic acids is 1. The molecule has 1 rings (SSSR count). The van der Waals surface area contributed by atoms with Crippen LogP contribution in [-0.4, -0.2) is 35.9 Å². The van der Waals surface area contributed by atoms with Gasteiger partial charge in [0.15, 0.2) is 0 Å². The molecule has 0 bridgehead atoms. The maximum atomic E-state index is 11.3. The van der Waals surface area contributed by atoms with E-state index in [4.69, 9.17) is 4.74 Å². The van der Waals surface area contributed by atoms with Gasteiger partial charge >= 0.3 is 5.97 Å². The Morgan fingerprint density at radius 3 is 2.45 bits per heavy atom. The lowest BCUT2D eigenvalue weighted by molar-refractivity contribution is -0.144. The molecule has 0 heterocycles. The first-order valence-electron chi connectivity index (χ1n) is 8.18. The topological polar surface area (TPSA) is 58.6 Å². The van der Waals surface area contributed by atoms with Gasteiger partial charge in [0.2, 0.25) is 0 Å². The van der Waals surface area contributed by atoms with E-state index in [0.717, 1.165) is 19.4 Å². The number of carbonyl (C=O) groups is 1. The van der Waals surface area contributed by atoms with E-state index in [-0.39, 0.29) is 0 Å². The Morgan fingerprint density at radius 2 is 1.90 bits per heavy atom. The first-order chi connectivity index (χ1) is 9.58. The van der Waals surface area contributed by atoms with Crippen LogP contribution in [0.25, 0.3) is 0 Å². The number of aliphatic carboxylic acids is 1. The molecule has 4 heteroatoms. The largest absolute Gasteiger partial charge is 0.480 e. The van der Waals surface area contributed by atoms with Crippen molar-refractivity contribution in [1.82, 2.24) is 5.32 Å². The normalized spacial score (nSPS) is 20.3. The molecule has 4 nitrogen and oxygen atoms in total. The Hall–Kier alpha value is -0.610. The minimum atomic E-state index is -0.795. The van der Waals surface area contributed by atoms with E-state index in [2.05, 4.69) is 5.32 Å². The molecule has 0 saturated heterocycles. The van der Waals surface area contributed by atoms with Crippen molar-refractivity contribution in [2.45, 2.75) is 83.3 Å². The fourth-order valence-corrected chi connectivity index (χ4v) is 2.90. The predicted octanol–water partition coefficient (Wildman–Crippen LogP) is 3.35. The second kappa shape index (κ2) is 9.35. The van der Waals surface area contributed by atoms with Crippen molar-refractivity contribution in [2.24, 2.45) is 0 Å². The molecule has 1 saturated carbocycles. The minimum Gasteiger partial charge on any atom is -0.480 e. The molecular formula is C16H31NO3. The van der Waals surface area contributed by atoms with Gasteiger partial charge in [-0.05, 0) is 45.6 Å². The molecule has 0 aromatic heterocycles. The lowest BCUT2D eigenvalue weighted by atomic mass is 9.95. The quantitative estimate of drug-likeness (QED) is 0.504. The molecule has 0 aliphatic heterocycles. The zero-order valence-electron chi connectivity index (χ0n) is 13.1. The van der Waals surface area contributed by atoms with E-state index in [0.29, 0.717) is 19.1 Å². The van der Waals surface area contributed by atoms with Crippen molar-refractivity contribution in [3.63, 3.8) is 0 Å². The van der Waals surface area contributed by atoms with Crippen LogP contribution < -0.4 is 5.32 Å². The second-order valence-corrected chi connectivity index (χ2v) is 6.11. The van der Waals surface area contributed by atoms with Crippen molar-refractivity contribution in [2.75, 3.05) is 13.2 Å². The van der Waals surface area contributed by atoms with Gasteiger partial charge in [-0.3, -0.25) is 4.79 Å². The third kappa shape index (κ3) is 6.23. The number of unbranched alkanes of at least 4 members (excludes halogenated alkanes) is 1. The van der Waals surface area contributed by atoms with Gasteiger partial charge in [-0.25, -0.2) is 0 Å². The van der Waals surface area contributed by atoms with Crippen LogP contribution in [0.1, 0.15) is 71.6 Å². The van der Waals surface area contributed by atoms with Gasteiger partial charge in [0, 0.05) is 6.61 Å². The van der Waals surface area contributed by atoms with Crippen LogP contribution in [0.15, 0.2) is 0 Å². The summed E-state index contributed by atoms with van der Waals surface area (Å²) in [4.78, 5) is 11.3. The molecule has 1 aliphatic carbocycles. The van der Waals surface area contributed by atoms with Crippen LogP contribution in [0.3, 0.4) is 0 Å². The van der Waals surface area contributed by atoms with E-state index in [1.807, 2.05) is 6.92 Å². The minimum absolute atomic E-state index is 0.442. The number of likely N-dealkylation sites (N-methyl/N-ethyl adjacent to an activating group) is 1. The van der Waals surface area contributed by atoms with Crippen LogP contribution in [0.2, 0.25) is 0 Å². The summed E-state index contributed by atoms with van der Waals surface area (Å²) >= 11 is 0. The molecule has 0 aromatic carbocycles. The summed E-state index contributed by atoms with van der Waals surface area (Å²) in [6.45, 7) is 5.16. The molecule has 0 aromatic rings. The smallest absolute Gasteiger partial charge is 0.323 e. The average molecular weight is 285 g/mol. The number of hydrogen-bond donors (Lipinski definition) is 2. The van der Waals surface area contributed by atoms with Crippen LogP contribution >= 0.6 is 0 Å². The third-order valence-corrected chi connectivity index (χ3v) is 4.27. The van der Waals surface area contributed by atoms with E-state index >= 15 is 0 Å². The molecule has 1 aliphatic rings. The molecule has 0 amide bonds. The summed E-state index contributed by atoms with van der Waals surface area (Å²) in [6, 6.07) is 0. The van der Waals surface area contributed by atoms with E-state index in [9.17, 15) is 9.90 Å². The fourth-order valence-electron chi connectivity index (χ4n) is 2.90. The van der Waals surface area contributed by atoms with Crippen LogP contribution in [0, 0.1) is 0 Å². The number of nitrogens with one attached hydrogen (secondary N) is 1. The number of ether oxygens (including phenoxy) is 1. The molecule has 1 atom stereocenters. The lowest BCUT2D eigenvalue weighted by Crippen LogP contribution is -2.49. The monoisotopic (exact) mass is 285 g/mol. The summed E-state index contributed by atoms with van der Waals surface area (Å²) in [5, 5.41) is 12.3. The Bertz CT molecular complexity index is 275. The van der Waals surface area contributed by atoms with E-state index in [1.165, 1.54) is 38.5 Å². The Balaban J connectivity index is 2.15. The average Bonchev–Trinajstić information content (AvgIpc) is 2.67. The van der Waals surface area contributed by atoms with Gasteiger partial charge in [-0.15, -0.1) is 0 Å². The lowest BCUT2D eigenvalue weighted by Gasteiger charge is -2.25. The highest BCUT2D eigenvalue weighted by molar-refractivity contribution is 5.78. The Kier molecular flexibility index (Phi) is 8.15. The zero-order valence-corrected chi connectivity index (χ0v) is 13.1. The molecule has 118 valence electrons. The number of hydrogen-bond acceptors (Lipinski definition) is 3. The number of carboxylic acid groups (broad SMARTS) is 1. The maximum absolute atomic E-state index is 11.3. The summed E-state index contributed by atoms with van der Waals surface area (Å²) in [5.41, 5.74) is -0.795. The molecule has 2 N–H and O–H groups in total. The molecule has 1 unspecified atom stereocenters. The summed E-state index contributed by atoms with van der Waals surface area (Å²) in [5.74, 6) is -0.760.